The summed E-state index contributed by atoms with van der Waals surface area (Å²) in [6.07, 6.45) is 5.16. The zero-order valence-corrected chi connectivity index (χ0v) is 15.3. The van der Waals surface area contributed by atoms with Crippen molar-refractivity contribution in [2.45, 2.75) is 52.6 Å². The Kier molecular flexibility index (Phi) is 8.58. The average molecular weight is 325 g/mol. The molecule has 0 aliphatic heterocycles. The molecule has 2 heteroatoms. The predicted molar refractivity (Wildman–Crippen MR) is 104 cm³/mol. The number of benzene rings is 2. The molecule has 0 fully saturated rings. The molecule has 0 heterocycles. The van der Waals surface area contributed by atoms with Gasteiger partial charge in [-0.3, -0.25) is 0 Å². The molecule has 0 atom stereocenters. The number of rotatable bonds is 11. The summed E-state index contributed by atoms with van der Waals surface area (Å²) in [4.78, 5) is 0. The first-order valence-electron chi connectivity index (χ1n) is 9.26. The molecule has 2 nitrogen and oxygen atoms in total. The van der Waals surface area contributed by atoms with E-state index in [1.807, 2.05) is 0 Å². The summed E-state index contributed by atoms with van der Waals surface area (Å²) >= 11 is 0. The fraction of sp³-hybridized carbons (Fsp3) is 0.455. The lowest BCUT2D eigenvalue weighted by molar-refractivity contribution is 0.563. The van der Waals surface area contributed by atoms with E-state index in [1.54, 1.807) is 0 Å². The minimum Gasteiger partial charge on any atom is -0.313 e. The first kappa shape index (κ1) is 18.7. The quantitative estimate of drug-likeness (QED) is 0.583. The maximum atomic E-state index is 3.53. The zero-order chi connectivity index (χ0) is 17.0. The number of aryl methyl sites for hydroxylation is 2. The van der Waals surface area contributed by atoms with E-state index in [1.165, 1.54) is 47.9 Å². The molecular weight excluding hydrogens is 292 g/mol. The summed E-state index contributed by atoms with van der Waals surface area (Å²) in [6, 6.07) is 17.6. The van der Waals surface area contributed by atoms with Crippen LogP contribution in [0.5, 0.6) is 0 Å². The van der Waals surface area contributed by atoms with Crippen LogP contribution in [0, 0.1) is 13.8 Å². The number of unbranched alkanes of at least 4 members (excludes halogenated alkanes) is 3. The zero-order valence-electron chi connectivity index (χ0n) is 15.3. The van der Waals surface area contributed by atoms with E-state index in [2.05, 4.69) is 73.0 Å². The van der Waals surface area contributed by atoms with Crippen molar-refractivity contribution in [1.82, 2.24) is 10.6 Å². The van der Waals surface area contributed by atoms with E-state index >= 15 is 0 Å². The highest BCUT2D eigenvalue weighted by molar-refractivity contribution is 5.21. The highest BCUT2D eigenvalue weighted by Gasteiger charge is 1.95. The van der Waals surface area contributed by atoms with Crippen LogP contribution in [0.2, 0.25) is 0 Å². The van der Waals surface area contributed by atoms with Crippen molar-refractivity contribution in [1.29, 1.82) is 0 Å². The van der Waals surface area contributed by atoms with Gasteiger partial charge in [0.1, 0.15) is 0 Å². The summed E-state index contributed by atoms with van der Waals surface area (Å²) in [5, 5.41) is 7.07. The van der Waals surface area contributed by atoms with Crippen LogP contribution in [0.15, 0.2) is 48.5 Å². The molecule has 0 bridgehead atoms. The van der Waals surface area contributed by atoms with Crippen molar-refractivity contribution in [2.75, 3.05) is 13.1 Å². The lowest BCUT2D eigenvalue weighted by Gasteiger charge is -2.07. The molecule has 0 saturated heterocycles. The Morgan fingerprint density at radius 3 is 1.29 bits per heavy atom. The molecule has 24 heavy (non-hydrogen) atoms. The van der Waals surface area contributed by atoms with Crippen molar-refractivity contribution in [3.8, 4) is 0 Å². The number of nitrogens with one attached hydrogen (secondary N) is 2. The monoisotopic (exact) mass is 324 g/mol. The Labute approximate surface area is 147 Å². The van der Waals surface area contributed by atoms with E-state index in [4.69, 9.17) is 0 Å². The van der Waals surface area contributed by atoms with Gasteiger partial charge in [0.05, 0.1) is 0 Å². The summed E-state index contributed by atoms with van der Waals surface area (Å²) in [5.41, 5.74) is 5.41. The van der Waals surface area contributed by atoms with Gasteiger partial charge in [-0.1, -0.05) is 72.5 Å². The van der Waals surface area contributed by atoms with Gasteiger partial charge in [-0.25, -0.2) is 0 Å². The third-order valence-corrected chi connectivity index (χ3v) is 4.36. The summed E-state index contributed by atoms with van der Waals surface area (Å²) in [5.74, 6) is 0. The van der Waals surface area contributed by atoms with E-state index in [0.717, 1.165) is 26.2 Å². The van der Waals surface area contributed by atoms with Crippen LogP contribution < -0.4 is 10.6 Å². The summed E-state index contributed by atoms with van der Waals surface area (Å²) in [7, 11) is 0. The van der Waals surface area contributed by atoms with Crippen molar-refractivity contribution >= 4 is 0 Å². The molecule has 2 aromatic carbocycles. The van der Waals surface area contributed by atoms with Crippen LogP contribution in [-0.2, 0) is 13.1 Å². The molecule has 0 unspecified atom stereocenters. The van der Waals surface area contributed by atoms with Gasteiger partial charge < -0.3 is 10.6 Å². The van der Waals surface area contributed by atoms with Gasteiger partial charge >= 0.3 is 0 Å². The van der Waals surface area contributed by atoms with E-state index in [9.17, 15) is 0 Å². The van der Waals surface area contributed by atoms with Gasteiger partial charge in [0, 0.05) is 13.1 Å². The van der Waals surface area contributed by atoms with E-state index < -0.39 is 0 Å². The van der Waals surface area contributed by atoms with Gasteiger partial charge in [0.15, 0.2) is 0 Å². The van der Waals surface area contributed by atoms with Crippen LogP contribution in [0.3, 0.4) is 0 Å². The fourth-order valence-electron chi connectivity index (χ4n) is 2.73. The molecule has 2 aromatic rings. The Bertz CT molecular complexity index is 504. The second-order valence-electron chi connectivity index (χ2n) is 6.74. The van der Waals surface area contributed by atoms with Crippen molar-refractivity contribution in [3.63, 3.8) is 0 Å². The van der Waals surface area contributed by atoms with Gasteiger partial charge in [0.2, 0.25) is 0 Å². The maximum absolute atomic E-state index is 3.53. The third-order valence-electron chi connectivity index (χ3n) is 4.36. The van der Waals surface area contributed by atoms with Crippen molar-refractivity contribution in [2.24, 2.45) is 0 Å². The summed E-state index contributed by atoms with van der Waals surface area (Å²) < 4.78 is 0. The molecule has 0 aliphatic rings. The molecule has 2 rings (SSSR count). The predicted octanol–water partition coefficient (Wildman–Crippen LogP) is 4.74. The van der Waals surface area contributed by atoms with Gasteiger partial charge in [0.25, 0.3) is 0 Å². The fourth-order valence-corrected chi connectivity index (χ4v) is 2.73. The first-order valence-corrected chi connectivity index (χ1v) is 9.26. The summed E-state index contributed by atoms with van der Waals surface area (Å²) in [6.45, 7) is 8.46. The van der Waals surface area contributed by atoms with Crippen molar-refractivity contribution in [3.05, 3.63) is 70.8 Å². The Hall–Kier alpha value is -1.64. The minimum atomic E-state index is 0.985. The van der Waals surface area contributed by atoms with Gasteiger partial charge in [-0.2, -0.15) is 0 Å². The standard InChI is InChI=1S/C22H32N2/c1-19-7-11-21(12-8-19)17-23-15-5-3-4-6-16-24-18-22-13-9-20(2)10-14-22/h7-14,23-24H,3-6,15-18H2,1-2H3. The topological polar surface area (TPSA) is 24.1 Å². The number of hydrogen-bond acceptors (Lipinski definition) is 2. The molecule has 2 N–H and O–H groups in total. The Morgan fingerprint density at radius 1 is 0.542 bits per heavy atom. The largest absolute Gasteiger partial charge is 0.313 e. The molecule has 130 valence electrons. The Morgan fingerprint density at radius 2 is 0.917 bits per heavy atom. The van der Waals surface area contributed by atoms with Crippen LogP contribution in [0.25, 0.3) is 0 Å². The molecule has 0 radical (unpaired) electrons. The lowest BCUT2D eigenvalue weighted by Crippen LogP contribution is -2.16. The molecule has 0 amide bonds. The molecular formula is C22H32N2. The van der Waals surface area contributed by atoms with Gasteiger partial charge in [-0.05, 0) is 50.9 Å². The second kappa shape index (κ2) is 11.0. The minimum absolute atomic E-state index is 0.985. The average Bonchev–Trinajstić information content (AvgIpc) is 2.60. The highest BCUT2D eigenvalue weighted by Crippen LogP contribution is 2.04. The first-order chi connectivity index (χ1) is 11.7. The van der Waals surface area contributed by atoms with Crippen LogP contribution in [0.4, 0.5) is 0 Å². The molecule has 0 aliphatic carbocycles. The molecule has 0 saturated carbocycles. The molecule has 0 spiro atoms. The molecule has 0 aromatic heterocycles. The highest BCUT2D eigenvalue weighted by atomic mass is 14.8. The van der Waals surface area contributed by atoms with Gasteiger partial charge in [-0.15, -0.1) is 0 Å². The lowest BCUT2D eigenvalue weighted by atomic mass is 10.1. The normalized spacial score (nSPS) is 10.9. The van der Waals surface area contributed by atoms with Crippen LogP contribution in [0.1, 0.15) is 47.9 Å². The van der Waals surface area contributed by atoms with Crippen LogP contribution in [-0.4, -0.2) is 13.1 Å². The number of hydrogen-bond donors (Lipinski definition) is 2. The van der Waals surface area contributed by atoms with Crippen molar-refractivity contribution < 1.29 is 0 Å². The van der Waals surface area contributed by atoms with E-state index in [0.29, 0.717) is 0 Å². The van der Waals surface area contributed by atoms with E-state index in [-0.39, 0.29) is 0 Å². The smallest absolute Gasteiger partial charge is 0.0205 e. The Balaban J connectivity index is 1.40. The van der Waals surface area contributed by atoms with Crippen LogP contribution >= 0.6 is 0 Å². The maximum Gasteiger partial charge on any atom is 0.0205 e. The third kappa shape index (κ3) is 7.76. The second-order valence-corrected chi connectivity index (χ2v) is 6.74. The SMILES string of the molecule is Cc1ccc(CNCCCCCCNCc2ccc(C)cc2)cc1.